The maximum absolute atomic E-state index is 11.5. The van der Waals surface area contributed by atoms with Gasteiger partial charge in [-0.05, 0) is 6.92 Å². The Morgan fingerprint density at radius 3 is 2.55 bits per heavy atom. The molecule has 0 saturated heterocycles. The summed E-state index contributed by atoms with van der Waals surface area (Å²) in [5.41, 5.74) is 0. The Morgan fingerprint density at radius 1 is 1.64 bits per heavy atom. The fraction of sp³-hybridized carbons (Fsp3) is 0.500. The number of hydrogen-bond acceptors (Lipinski definition) is 1. The average Bonchev–Trinajstić information content (AvgIpc) is 1.83. The largest absolute Gasteiger partial charge is 0.405 e. The second-order valence-electron chi connectivity index (χ2n) is 1.87. The third-order valence-corrected chi connectivity index (χ3v) is 0.830. The van der Waals surface area contributed by atoms with Crippen molar-refractivity contribution >= 4 is 5.84 Å². The van der Waals surface area contributed by atoms with Gasteiger partial charge in [0.2, 0.25) is 0 Å². The molecule has 0 saturated carbocycles. The highest BCUT2D eigenvalue weighted by Crippen LogP contribution is 2.11. The van der Waals surface area contributed by atoms with Crippen molar-refractivity contribution in [1.82, 2.24) is 5.32 Å². The van der Waals surface area contributed by atoms with Crippen LogP contribution in [-0.2, 0) is 0 Å². The summed E-state index contributed by atoms with van der Waals surface area (Å²) in [4.78, 5) is 3.50. The van der Waals surface area contributed by atoms with E-state index in [2.05, 4.69) is 16.9 Å². The Hall–Kier alpha value is -1.00. The number of rotatable bonds is 2. The van der Waals surface area contributed by atoms with Crippen molar-refractivity contribution in [1.29, 1.82) is 0 Å². The maximum atomic E-state index is 11.5. The smallest absolute Gasteiger partial charge is 0.365 e. The summed E-state index contributed by atoms with van der Waals surface area (Å²) in [7, 11) is 0. The highest BCUT2D eigenvalue weighted by atomic mass is 19.4. The molecule has 0 rings (SSSR count). The second kappa shape index (κ2) is 4.00. The summed E-state index contributed by atoms with van der Waals surface area (Å²) in [6.07, 6.45) is -3.02. The van der Waals surface area contributed by atoms with Gasteiger partial charge in [-0.15, -0.1) is 0 Å². The Labute approximate surface area is 62.8 Å². The lowest BCUT2D eigenvalue weighted by atomic mass is 10.5. The zero-order valence-electron chi connectivity index (χ0n) is 6.07. The van der Waals surface area contributed by atoms with E-state index < -0.39 is 12.7 Å². The van der Waals surface area contributed by atoms with Gasteiger partial charge in [-0.25, -0.2) is 4.99 Å². The first-order chi connectivity index (χ1) is 4.95. The van der Waals surface area contributed by atoms with Crippen LogP contribution in [0.2, 0.25) is 0 Å². The molecular weight excluding hydrogens is 157 g/mol. The van der Waals surface area contributed by atoms with Crippen molar-refractivity contribution in [2.45, 2.75) is 13.1 Å². The minimum atomic E-state index is -4.20. The summed E-state index contributed by atoms with van der Waals surface area (Å²) >= 11 is 0. The lowest BCUT2D eigenvalue weighted by Crippen LogP contribution is -2.32. The van der Waals surface area contributed by atoms with Crippen LogP contribution in [0.4, 0.5) is 13.2 Å². The molecule has 0 aliphatic carbocycles. The van der Waals surface area contributed by atoms with Crippen molar-refractivity contribution in [3.63, 3.8) is 0 Å². The van der Waals surface area contributed by atoms with Crippen molar-refractivity contribution in [3.05, 3.63) is 12.8 Å². The van der Waals surface area contributed by atoms with E-state index in [4.69, 9.17) is 0 Å². The molecule has 0 heterocycles. The van der Waals surface area contributed by atoms with Crippen molar-refractivity contribution in [3.8, 4) is 0 Å². The first kappa shape index (κ1) is 10.0. The molecule has 0 unspecified atom stereocenters. The molecule has 0 aliphatic heterocycles. The highest BCUT2D eigenvalue weighted by Gasteiger charge is 2.26. The van der Waals surface area contributed by atoms with Crippen LogP contribution in [0.25, 0.3) is 0 Å². The molecule has 0 atom stereocenters. The Bertz CT molecular complexity index is 160. The molecule has 0 aliphatic rings. The van der Waals surface area contributed by atoms with Gasteiger partial charge in [0, 0.05) is 6.20 Å². The molecule has 1 N–H and O–H groups in total. The predicted octanol–water partition coefficient (Wildman–Crippen LogP) is 1.70. The molecule has 0 amide bonds. The molecule has 0 bridgehead atoms. The monoisotopic (exact) mass is 166 g/mol. The number of halogens is 3. The molecule has 64 valence electrons. The third kappa shape index (κ3) is 6.89. The minimum Gasteiger partial charge on any atom is -0.365 e. The molecule has 0 radical (unpaired) electrons. The normalized spacial score (nSPS) is 12.9. The van der Waals surface area contributed by atoms with Crippen LogP contribution >= 0.6 is 0 Å². The van der Waals surface area contributed by atoms with Crippen LogP contribution in [0.5, 0.6) is 0 Å². The number of aliphatic imine (C=N–C) groups is 1. The van der Waals surface area contributed by atoms with Gasteiger partial charge >= 0.3 is 6.18 Å². The van der Waals surface area contributed by atoms with Gasteiger partial charge < -0.3 is 5.32 Å². The van der Waals surface area contributed by atoms with Gasteiger partial charge in [-0.2, -0.15) is 13.2 Å². The summed E-state index contributed by atoms with van der Waals surface area (Å²) < 4.78 is 34.5. The van der Waals surface area contributed by atoms with Gasteiger partial charge in [-0.1, -0.05) is 6.58 Å². The summed E-state index contributed by atoms with van der Waals surface area (Å²) in [5, 5.41) is 2.08. The van der Waals surface area contributed by atoms with Crippen LogP contribution in [0.3, 0.4) is 0 Å². The summed E-state index contributed by atoms with van der Waals surface area (Å²) in [6, 6.07) is 0. The van der Waals surface area contributed by atoms with E-state index in [9.17, 15) is 13.2 Å². The summed E-state index contributed by atoms with van der Waals surface area (Å²) in [5.74, 6) is 0.206. The van der Waals surface area contributed by atoms with E-state index in [1.54, 1.807) is 0 Å². The maximum Gasteiger partial charge on any atom is 0.405 e. The lowest BCUT2D eigenvalue weighted by Gasteiger charge is -2.07. The van der Waals surface area contributed by atoms with E-state index in [0.717, 1.165) is 0 Å². The van der Waals surface area contributed by atoms with Crippen LogP contribution in [-0.4, -0.2) is 18.6 Å². The number of hydrogen-bond donors (Lipinski definition) is 1. The number of nitrogens with zero attached hydrogens (tertiary/aromatic N) is 1. The Kier molecular flexibility index (Phi) is 3.64. The van der Waals surface area contributed by atoms with Crippen molar-refractivity contribution < 1.29 is 13.2 Å². The fourth-order valence-corrected chi connectivity index (χ4v) is 0.411. The molecule has 11 heavy (non-hydrogen) atoms. The fourth-order valence-electron chi connectivity index (χ4n) is 0.411. The molecular formula is C6H9F3N2. The topological polar surface area (TPSA) is 24.4 Å². The zero-order valence-corrected chi connectivity index (χ0v) is 6.07. The van der Waals surface area contributed by atoms with Crippen LogP contribution in [0, 0.1) is 0 Å². The van der Waals surface area contributed by atoms with Gasteiger partial charge in [0.1, 0.15) is 6.54 Å². The minimum absolute atomic E-state index is 0.206. The van der Waals surface area contributed by atoms with Gasteiger partial charge in [0.15, 0.2) is 0 Å². The lowest BCUT2D eigenvalue weighted by molar-refractivity contribution is -0.122. The van der Waals surface area contributed by atoms with Crippen LogP contribution in [0.1, 0.15) is 6.92 Å². The molecule has 0 spiro atoms. The SMILES string of the molecule is C=C/N=C(\C)NCC(F)(F)F. The van der Waals surface area contributed by atoms with E-state index in [1.807, 2.05) is 0 Å². The third-order valence-electron chi connectivity index (χ3n) is 0.830. The second-order valence-corrected chi connectivity index (χ2v) is 1.87. The highest BCUT2D eigenvalue weighted by molar-refractivity contribution is 5.79. The Balaban J connectivity index is 3.71. The molecule has 0 aromatic carbocycles. The van der Waals surface area contributed by atoms with Gasteiger partial charge in [0.05, 0.1) is 5.84 Å². The molecule has 0 aromatic rings. The number of amidine groups is 1. The quantitative estimate of drug-likeness (QED) is 0.490. The first-order valence-electron chi connectivity index (χ1n) is 2.91. The van der Waals surface area contributed by atoms with Crippen molar-refractivity contribution in [2.24, 2.45) is 4.99 Å². The average molecular weight is 166 g/mol. The van der Waals surface area contributed by atoms with Gasteiger partial charge in [0.25, 0.3) is 0 Å². The van der Waals surface area contributed by atoms with E-state index in [-0.39, 0.29) is 5.84 Å². The van der Waals surface area contributed by atoms with Crippen LogP contribution in [0.15, 0.2) is 17.8 Å². The van der Waals surface area contributed by atoms with Crippen LogP contribution < -0.4 is 5.32 Å². The predicted molar refractivity (Wildman–Crippen MR) is 37.4 cm³/mol. The molecule has 5 heteroatoms. The van der Waals surface area contributed by atoms with Crippen molar-refractivity contribution in [2.75, 3.05) is 6.54 Å². The zero-order chi connectivity index (χ0) is 8.91. The molecule has 2 nitrogen and oxygen atoms in total. The molecule has 0 fully saturated rings. The number of alkyl halides is 3. The number of nitrogens with one attached hydrogen (secondary N) is 1. The first-order valence-corrected chi connectivity index (χ1v) is 2.91. The van der Waals surface area contributed by atoms with E-state index in [1.165, 1.54) is 13.1 Å². The summed E-state index contributed by atoms with van der Waals surface area (Å²) in [6.45, 7) is 3.61. The molecule has 0 aromatic heterocycles. The van der Waals surface area contributed by atoms with E-state index in [0.29, 0.717) is 0 Å². The Morgan fingerprint density at radius 2 is 2.18 bits per heavy atom. The van der Waals surface area contributed by atoms with E-state index >= 15 is 0 Å². The van der Waals surface area contributed by atoms with Gasteiger partial charge in [-0.3, -0.25) is 0 Å². The standard InChI is InChI=1S/C6H9F3N2/c1-3-10-5(2)11-4-6(7,8)9/h3H,1,4H2,2H3,(H,10,11).